The van der Waals surface area contributed by atoms with Crippen molar-refractivity contribution in [2.75, 3.05) is 0 Å². The van der Waals surface area contributed by atoms with Crippen molar-refractivity contribution in [1.29, 1.82) is 0 Å². The Balaban J connectivity index is 1.55. The first kappa shape index (κ1) is 15.2. The molecular weight excluding hydrogens is 325 g/mol. The molecule has 4 rings (SSSR count). The van der Waals surface area contributed by atoms with Crippen molar-refractivity contribution in [1.82, 2.24) is 34.8 Å². The number of fused-ring (bicyclic) bond motifs is 1. The Hall–Kier alpha value is -3.36. The molecule has 0 spiro atoms. The van der Waals surface area contributed by atoms with Gasteiger partial charge in [-0.15, -0.1) is 10.2 Å². The minimum atomic E-state index is -0.557. The van der Waals surface area contributed by atoms with Crippen LogP contribution in [0.3, 0.4) is 0 Å². The van der Waals surface area contributed by atoms with Gasteiger partial charge in [0.25, 0.3) is 0 Å². The number of tetrazole rings is 1. The van der Waals surface area contributed by atoms with Crippen molar-refractivity contribution >= 4 is 5.65 Å². The Bertz CT molecular complexity index is 999. The quantitative estimate of drug-likeness (QED) is 0.553. The third kappa shape index (κ3) is 3.30. The average molecular weight is 339 g/mol. The molecule has 9 heteroatoms. The summed E-state index contributed by atoms with van der Waals surface area (Å²) in [5, 5.41) is 14.7. The summed E-state index contributed by atoms with van der Waals surface area (Å²) in [6.07, 6.45) is 3.10. The fourth-order valence-corrected chi connectivity index (χ4v) is 2.54. The van der Waals surface area contributed by atoms with Crippen LogP contribution in [0.4, 0.5) is 4.39 Å². The van der Waals surface area contributed by atoms with E-state index in [1.807, 2.05) is 31.2 Å². The van der Waals surface area contributed by atoms with E-state index in [0.717, 1.165) is 5.56 Å². The summed E-state index contributed by atoms with van der Waals surface area (Å²) < 4.78 is 22.1. The number of aromatic nitrogens is 7. The molecule has 0 aliphatic heterocycles. The zero-order valence-corrected chi connectivity index (χ0v) is 13.3. The minimum absolute atomic E-state index is 0.113. The number of rotatable bonds is 5. The first-order valence-electron chi connectivity index (χ1n) is 7.67. The van der Waals surface area contributed by atoms with Crippen LogP contribution in [-0.2, 0) is 6.54 Å². The summed E-state index contributed by atoms with van der Waals surface area (Å²) >= 11 is 0. The second-order valence-corrected chi connectivity index (χ2v) is 5.57. The Morgan fingerprint density at radius 2 is 2.16 bits per heavy atom. The SMILES string of the molecule is C[C@@H](Cn1cnnn1)Oc1cccc(-c2ccn3nc(F)cc3n2)c1. The van der Waals surface area contributed by atoms with Crippen molar-refractivity contribution in [3.8, 4) is 17.0 Å². The molecule has 0 radical (unpaired) electrons. The van der Waals surface area contributed by atoms with Gasteiger partial charge in [0.15, 0.2) is 5.65 Å². The first-order valence-corrected chi connectivity index (χ1v) is 7.67. The molecule has 4 aromatic rings. The van der Waals surface area contributed by atoms with Crippen LogP contribution < -0.4 is 4.74 Å². The fraction of sp³-hybridized carbons (Fsp3) is 0.188. The minimum Gasteiger partial charge on any atom is -0.489 e. The van der Waals surface area contributed by atoms with E-state index in [4.69, 9.17) is 4.74 Å². The first-order chi connectivity index (χ1) is 12.2. The van der Waals surface area contributed by atoms with Gasteiger partial charge in [0.1, 0.15) is 18.2 Å². The Morgan fingerprint density at radius 3 is 3.00 bits per heavy atom. The fourth-order valence-electron chi connectivity index (χ4n) is 2.54. The lowest BCUT2D eigenvalue weighted by molar-refractivity contribution is 0.193. The average Bonchev–Trinajstić information content (AvgIpc) is 3.22. The molecule has 0 saturated heterocycles. The Labute approximate surface area is 141 Å². The number of benzene rings is 1. The van der Waals surface area contributed by atoms with Crippen molar-refractivity contribution in [2.45, 2.75) is 19.6 Å². The smallest absolute Gasteiger partial charge is 0.235 e. The van der Waals surface area contributed by atoms with Crippen LogP contribution in [0.15, 0.2) is 48.9 Å². The van der Waals surface area contributed by atoms with E-state index in [1.54, 1.807) is 23.3 Å². The molecule has 1 aromatic carbocycles. The predicted molar refractivity (Wildman–Crippen MR) is 86.3 cm³/mol. The van der Waals surface area contributed by atoms with Crippen LogP contribution in [0.5, 0.6) is 5.75 Å². The molecule has 1 atom stereocenters. The van der Waals surface area contributed by atoms with Crippen LogP contribution in [0.1, 0.15) is 6.92 Å². The topological polar surface area (TPSA) is 83.0 Å². The van der Waals surface area contributed by atoms with Gasteiger partial charge in [-0.2, -0.15) is 4.39 Å². The molecule has 3 aromatic heterocycles. The lowest BCUT2D eigenvalue weighted by Gasteiger charge is -2.14. The normalized spacial score (nSPS) is 12.4. The highest BCUT2D eigenvalue weighted by Crippen LogP contribution is 2.23. The maximum absolute atomic E-state index is 13.2. The summed E-state index contributed by atoms with van der Waals surface area (Å²) in [4.78, 5) is 4.42. The van der Waals surface area contributed by atoms with E-state index in [-0.39, 0.29) is 6.10 Å². The van der Waals surface area contributed by atoms with Gasteiger partial charge < -0.3 is 4.74 Å². The van der Waals surface area contributed by atoms with Gasteiger partial charge in [-0.1, -0.05) is 12.1 Å². The molecular formula is C16H14FN7O. The van der Waals surface area contributed by atoms with Gasteiger partial charge in [0.05, 0.1) is 12.2 Å². The second kappa shape index (κ2) is 6.27. The van der Waals surface area contributed by atoms with Crippen LogP contribution in [0.25, 0.3) is 16.9 Å². The summed E-state index contributed by atoms with van der Waals surface area (Å²) in [5.41, 5.74) is 2.04. The van der Waals surface area contributed by atoms with E-state index in [9.17, 15) is 4.39 Å². The summed E-state index contributed by atoms with van der Waals surface area (Å²) in [5.74, 6) is 0.151. The van der Waals surface area contributed by atoms with Crippen LogP contribution in [0.2, 0.25) is 0 Å². The third-order valence-corrected chi connectivity index (χ3v) is 3.60. The Kier molecular flexibility index (Phi) is 3.81. The largest absolute Gasteiger partial charge is 0.489 e. The molecule has 3 heterocycles. The zero-order chi connectivity index (χ0) is 17.2. The summed E-state index contributed by atoms with van der Waals surface area (Å²) in [7, 11) is 0. The summed E-state index contributed by atoms with van der Waals surface area (Å²) in [6, 6.07) is 10.6. The highest BCUT2D eigenvalue weighted by Gasteiger charge is 2.09. The third-order valence-electron chi connectivity index (χ3n) is 3.60. The number of hydrogen-bond acceptors (Lipinski definition) is 6. The van der Waals surface area contributed by atoms with E-state index >= 15 is 0 Å². The maximum atomic E-state index is 13.2. The van der Waals surface area contributed by atoms with Gasteiger partial charge in [-0.25, -0.2) is 14.2 Å². The number of hydrogen-bond donors (Lipinski definition) is 0. The molecule has 0 fully saturated rings. The second-order valence-electron chi connectivity index (χ2n) is 5.57. The van der Waals surface area contributed by atoms with E-state index in [2.05, 4.69) is 25.6 Å². The highest BCUT2D eigenvalue weighted by atomic mass is 19.1. The van der Waals surface area contributed by atoms with E-state index in [0.29, 0.717) is 23.6 Å². The van der Waals surface area contributed by atoms with Gasteiger partial charge in [0.2, 0.25) is 5.95 Å². The predicted octanol–water partition coefficient (Wildman–Crippen LogP) is 1.99. The molecule has 0 N–H and O–H groups in total. The molecule has 0 saturated carbocycles. The number of halogens is 1. The summed E-state index contributed by atoms with van der Waals surface area (Å²) in [6.45, 7) is 2.48. The van der Waals surface area contributed by atoms with Gasteiger partial charge in [0, 0.05) is 17.8 Å². The molecule has 0 unspecified atom stereocenters. The maximum Gasteiger partial charge on any atom is 0.235 e. The molecule has 25 heavy (non-hydrogen) atoms. The molecule has 0 aliphatic carbocycles. The molecule has 8 nitrogen and oxygen atoms in total. The highest BCUT2D eigenvalue weighted by molar-refractivity contribution is 5.63. The molecule has 0 amide bonds. The Morgan fingerprint density at radius 1 is 1.24 bits per heavy atom. The van der Waals surface area contributed by atoms with Gasteiger partial charge in [-0.05, 0) is 35.5 Å². The van der Waals surface area contributed by atoms with Gasteiger partial charge in [-0.3, -0.25) is 0 Å². The van der Waals surface area contributed by atoms with E-state index < -0.39 is 5.95 Å². The standard InChI is InChI=1S/C16H14FN7O/c1-11(9-23-10-18-21-22-23)25-13-4-2-3-12(7-13)14-5-6-24-16(19-14)8-15(17)20-24/h2-8,10-11H,9H2,1H3/t11-/m0/s1. The van der Waals surface area contributed by atoms with Crippen LogP contribution in [-0.4, -0.2) is 40.9 Å². The van der Waals surface area contributed by atoms with Crippen molar-refractivity contribution in [3.63, 3.8) is 0 Å². The molecule has 126 valence electrons. The van der Waals surface area contributed by atoms with Crippen molar-refractivity contribution in [2.24, 2.45) is 0 Å². The van der Waals surface area contributed by atoms with Crippen molar-refractivity contribution < 1.29 is 9.13 Å². The van der Waals surface area contributed by atoms with Crippen LogP contribution in [0, 0.1) is 5.95 Å². The number of nitrogens with zero attached hydrogens (tertiary/aromatic N) is 7. The van der Waals surface area contributed by atoms with Gasteiger partial charge >= 0.3 is 0 Å². The lowest BCUT2D eigenvalue weighted by atomic mass is 10.1. The van der Waals surface area contributed by atoms with Crippen molar-refractivity contribution in [3.05, 3.63) is 54.9 Å². The monoisotopic (exact) mass is 339 g/mol. The number of ether oxygens (including phenoxy) is 1. The molecule has 0 aliphatic rings. The zero-order valence-electron chi connectivity index (χ0n) is 13.3. The van der Waals surface area contributed by atoms with Crippen LogP contribution >= 0.6 is 0 Å². The lowest BCUT2D eigenvalue weighted by Crippen LogP contribution is -2.20. The molecule has 0 bridgehead atoms. The van der Waals surface area contributed by atoms with E-state index in [1.165, 1.54) is 10.6 Å².